The summed E-state index contributed by atoms with van der Waals surface area (Å²) >= 11 is 0. The number of oxime groups is 1. The predicted octanol–water partition coefficient (Wildman–Crippen LogP) is 4.52. The highest BCUT2D eigenvalue weighted by molar-refractivity contribution is 6.14. The van der Waals surface area contributed by atoms with Crippen molar-refractivity contribution < 1.29 is 9.63 Å². The van der Waals surface area contributed by atoms with Crippen LogP contribution in [0.25, 0.3) is 0 Å². The van der Waals surface area contributed by atoms with Crippen molar-refractivity contribution in [1.29, 1.82) is 0 Å². The van der Waals surface area contributed by atoms with Crippen LogP contribution in [0.15, 0.2) is 89.6 Å². The monoisotopic (exact) mass is 303 g/mol. The number of carbonyl (C=O) groups is 1. The van der Waals surface area contributed by atoms with Gasteiger partial charge in [0.2, 0.25) is 0 Å². The summed E-state index contributed by atoms with van der Waals surface area (Å²) in [5.74, 6) is -0.459. The first-order chi connectivity index (χ1) is 11.3. The molecule has 1 aliphatic rings. The molecule has 0 saturated carbocycles. The standard InChI is InChI=1S/C20H17NO2/c22-20(18-14-8-3-9-15-18)23-21-19(16-10-4-1-5-11-16)17-12-6-2-7-13-17/h1,3-6,8-15H,2,7H2/b21-19+. The van der Waals surface area contributed by atoms with E-state index in [0.717, 1.165) is 24.0 Å². The van der Waals surface area contributed by atoms with Gasteiger partial charge in [0.05, 0.1) is 5.56 Å². The number of benzene rings is 2. The van der Waals surface area contributed by atoms with E-state index in [4.69, 9.17) is 4.84 Å². The number of nitrogens with zero attached hydrogens (tertiary/aromatic N) is 1. The van der Waals surface area contributed by atoms with E-state index in [1.54, 1.807) is 24.3 Å². The van der Waals surface area contributed by atoms with Gasteiger partial charge in [0.1, 0.15) is 5.71 Å². The first-order valence-corrected chi connectivity index (χ1v) is 7.61. The second-order valence-electron chi connectivity index (χ2n) is 5.19. The molecule has 0 saturated heterocycles. The van der Waals surface area contributed by atoms with Crippen LogP contribution < -0.4 is 0 Å². The third-order valence-electron chi connectivity index (χ3n) is 3.54. The Morgan fingerprint density at radius 2 is 1.52 bits per heavy atom. The average molecular weight is 303 g/mol. The zero-order valence-electron chi connectivity index (χ0n) is 12.7. The maximum atomic E-state index is 12.1. The van der Waals surface area contributed by atoms with Crippen molar-refractivity contribution >= 4 is 11.7 Å². The Hall–Kier alpha value is -2.94. The van der Waals surface area contributed by atoms with Gasteiger partial charge in [-0.3, -0.25) is 0 Å². The third kappa shape index (κ3) is 3.83. The fourth-order valence-electron chi connectivity index (χ4n) is 2.37. The molecule has 0 N–H and O–H groups in total. The number of rotatable bonds is 4. The van der Waals surface area contributed by atoms with Gasteiger partial charge in [-0.15, -0.1) is 0 Å². The van der Waals surface area contributed by atoms with E-state index in [1.807, 2.05) is 42.5 Å². The van der Waals surface area contributed by atoms with Gasteiger partial charge in [-0.2, -0.15) is 0 Å². The molecule has 0 atom stereocenters. The van der Waals surface area contributed by atoms with E-state index >= 15 is 0 Å². The normalized spacial score (nSPS) is 14.3. The second kappa shape index (κ2) is 7.36. The molecule has 3 heteroatoms. The van der Waals surface area contributed by atoms with Crippen LogP contribution in [-0.4, -0.2) is 11.7 Å². The van der Waals surface area contributed by atoms with E-state index < -0.39 is 5.97 Å². The molecule has 2 aromatic carbocycles. The summed E-state index contributed by atoms with van der Waals surface area (Å²) in [5, 5.41) is 4.14. The molecule has 0 aliphatic heterocycles. The minimum atomic E-state index is -0.459. The third-order valence-corrected chi connectivity index (χ3v) is 3.54. The Kier molecular flexibility index (Phi) is 4.79. The Bertz CT molecular complexity index is 759. The Morgan fingerprint density at radius 3 is 2.13 bits per heavy atom. The van der Waals surface area contributed by atoms with Crippen molar-refractivity contribution in [2.75, 3.05) is 0 Å². The van der Waals surface area contributed by atoms with Crippen molar-refractivity contribution in [3.8, 4) is 0 Å². The van der Waals surface area contributed by atoms with Crippen LogP contribution in [0.2, 0.25) is 0 Å². The van der Waals surface area contributed by atoms with Gasteiger partial charge in [0.15, 0.2) is 0 Å². The minimum absolute atomic E-state index is 0.459. The van der Waals surface area contributed by atoms with E-state index in [2.05, 4.69) is 17.3 Å². The molecule has 0 aromatic heterocycles. The molecule has 0 heterocycles. The zero-order valence-corrected chi connectivity index (χ0v) is 12.7. The lowest BCUT2D eigenvalue weighted by atomic mass is 9.98. The van der Waals surface area contributed by atoms with Crippen LogP contribution in [-0.2, 0) is 4.84 Å². The Morgan fingerprint density at radius 1 is 0.870 bits per heavy atom. The Balaban J connectivity index is 1.88. The van der Waals surface area contributed by atoms with E-state index in [9.17, 15) is 4.79 Å². The van der Waals surface area contributed by atoms with Gasteiger partial charge in [-0.1, -0.05) is 71.9 Å². The molecule has 0 amide bonds. The van der Waals surface area contributed by atoms with Crippen molar-refractivity contribution in [2.24, 2.45) is 5.16 Å². The highest BCUT2D eigenvalue weighted by atomic mass is 16.7. The first-order valence-electron chi connectivity index (χ1n) is 7.61. The predicted molar refractivity (Wildman–Crippen MR) is 91.3 cm³/mol. The molecule has 3 rings (SSSR count). The van der Waals surface area contributed by atoms with Gasteiger partial charge >= 0.3 is 5.97 Å². The highest BCUT2D eigenvalue weighted by Crippen LogP contribution is 2.17. The van der Waals surface area contributed by atoms with Crippen molar-refractivity contribution in [1.82, 2.24) is 0 Å². The molecule has 0 radical (unpaired) electrons. The largest absolute Gasteiger partial charge is 0.365 e. The van der Waals surface area contributed by atoms with Gasteiger partial charge < -0.3 is 4.84 Å². The lowest BCUT2D eigenvalue weighted by Crippen LogP contribution is -2.09. The van der Waals surface area contributed by atoms with Crippen LogP contribution in [0, 0.1) is 0 Å². The fraction of sp³-hybridized carbons (Fsp3) is 0.100. The molecular formula is C20H17NO2. The summed E-state index contributed by atoms with van der Waals surface area (Å²) in [7, 11) is 0. The van der Waals surface area contributed by atoms with Crippen LogP contribution in [0.5, 0.6) is 0 Å². The van der Waals surface area contributed by atoms with Gasteiger partial charge in [0.25, 0.3) is 0 Å². The summed E-state index contributed by atoms with van der Waals surface area (Å²) in [4.78, 5) is 17.3. The zero-order chi connectivity index (χ0) is 15.9. The first kappa shape index (κ1) is 15.0. The van der Waals surface area contributed by atoms with Gasteiger partial charge in [-0.05, 0) is 30.5 Å². The van der Waals surface area contributed by atoms with Crippen LogP contribution in [0.3, 0.4) is 0 Å². The average Bonchev–Trinajstić information content (AvgIpc) is 2.64. The maximum Gasteiger partial charge on any atom is 0.365 e. The minimum Gasteiger partial charge on any atom is -0.312 e. The molecule has 2 aromatic rings. The van der Waals surface area contributed by atoms with Gasteiger partial charge in [0, 0.05) is 5.56 Å². The quantitative estimate of drug-likeness (QED) is 0.473. The fourth-order valence-corrected chi connectivity index (χ4v) is 2.37. The molecule has 3 nitrogen and oxygen atoms in total. The smallest absolute Gasteiger partial charge is 0.312 e. The summed E-state index contributed by atoms with van der Waals surface area (Å²) in [6.07, 6.45) is 8.22. The van der Waals surface area contributed by atoms with Crippen LogP contribution in [0.1, 0.15) is 28.8 Å². The topological polar surface area (TPSA) is 38.7 Å². The highest BCUT2D eigenvalue weighted by Gasteiger charge is 2.12. The molecule has 0 spiro atoms. The summed E-state index contributed by atoms with van der Waals surface area (Å²) < 4.78 is 0. The van der Waals surface area contributed by atoms with E-state index in [1.165, 1.54) is 0 Å². The lowest BCUT2D eigenvalue weighted by Gasteiger charge is -2.10. The molecule has 0 unspecified atom stereocenters. The molecule has 23 heavy (non-hydrogen) atoms. The summed E-state index contributed by atoms with van der Waals surface area (Å²) in [6, 6.07) is 18.6. The second-order valence-corrected chi connectivity index (χ2v) is 5.19. The molecule has 114 valence electrons. The Labute approximate surface area is 135 Å². The van der Waals surface area contributed by atoms with Crippen molar-refractivity contribution in [2.45, 2.75) is 12.8 Å². The summed E-state index contributed by atoms with van der Waals surface area (Å²) in [6.45, 7) is 0. The number of hydrogen-bond donors (Lipinski definition) is 0. The lowest BCUT2D eigenvalue weighted by molar-refractivity contribution is 0.0517. The van der Waals surface area contributed by atoms with Crippen LogP contribution in [0.4, 0.5) is 0 Å². The van der Waals surface area contributed by atoms with E-state index in [-0.39, 0.29) is 0 Å². The maximum absolute atomic E-state index is 12.1. The van der Waals surface area contributed by atoms with E-state index in [0.29, 0.717) is 11.3 Å². The molecule has 1 aliphatic carbocycles. The van der Waals surface area contributed by atoms with Crippen molar-refractivity contribution in [3.63, 3.8) is 0 Å². The number of allylic oxidation sites excluding steroid dienone is 4. The summed E-state index contributed by atoms with van der Waals surface area (Å²) in [5.41, 5.74) is 3.05. The molecule has 0 bridgehead atoms. The van der Waals surface area contributed by atoms with Crippen molar-refractivity contribution in [3.05, 3.63) is 95.6 Å². The molecule has 0 fully saturated rings. The SMILES string of the molecule is O=C(O/N=C(/C1=CCCC=C1)c1ccccc1)c1ccccc1. The van der Waals surface area contributed by atoms with Gasteiger partial charge in [-0.25, -0.2) is 4.79 Å². The molecular weight excluding hydrogens is 286 g/mol. The number of carbonyl (C=O) groups excluding carboxylic acids is 1. The number of hydrogen-bond acceptors (Lipinski definition) is 3. The van der Waals surface area contributed by atoms with Crippen LogP contribution >= 0.6 is 0 Å².